The third kappa shape index (κ3) is 3.32. The van der Waals surface area contributed by atoms with E-state index in [0.29, 0.717) is 6.54 Å². The molecule has 0 aromatic carbocycles. The van der Waals surface area contributed by atoms with E-state index >= 15 is 0 Å². The van der Waals surface area contributed by atoms with E-state index in [4.69, 9.17) is 0 Å². The van der Waals surface area contributed by atoms with Crippen LogP contribution in [0.5, 0.6) is 0 Å². The van der Waals surface area contributed by atoms with Gasteiger partial charge in [-0.15, -0.1) is 11.3 Å². The number of rotatable bonds is 5. The maximum Gasteiger partial charge on any atom is 0.252 e. The second-order valence-corrected chi connectivity index (χ2v) is 6.65. The summed E-state index contributed by atoms with van der Waals surface area (Å²) in [5.74, 6) is 1.68. The molecule has 6 heteroatoms. The van der Waals surface area contributed by atoms with Crippen LogP contribution in [-0.2, 0) is 19.3 Å². The van der Waals surface area contributed by atoms with Gasteiger partial charge < -0.3 is 5.32 Å². The van der Waals surface area contributed by atoms with Crippen LogP contribution in [-0.4, -0.2) is 27.6 Å². The number of aryl methyl sites for hydroxylation is 1. The number of hydrogen-bond donors (Lipinski definition) is 2. The Balaban J connectivity index is 1.52. The minimum atomic E-state index is 0.0691. The molecule has 3 rings (SSSR count). The predicted octanol–water partition coefficient (Wildman–Crippen LogP) is 2.35. The van der Waals surface area contributed by atoms with Crippen molar-refractivity contribution in [1.82, 2.24) is 20.5 Å². The molecule has 21 heavy (non-hydrogen) atoms. The van der Waals surface area contributed by atoms with E-state index in [9.17, 15) is 4.79 Å². The molecule has 0 aliphatic heterocycles. The van der Waals surface area contributed by atoms with Gasteiger partial charge in [0.1, 0.15) is 12.2 Å². The number of fused-ring (bicyclic) bond motifs is 1. The molecule has 0 radical (unpaired) electrons. The molecule has 0 spiro atoms. The fourth-order valence-electron chi connectivity index (χ4n) is 2.77. The maximum absolute atomic E-state index is 12.3. The number of nitrogens with one attached hydrogen (secondary N) is 2. The monoisotopic (exact) mass is 304 g/mol. The van der Waals surface area contributed by atoms with Crippen molar-refractivity contribution >= 4 is 17.2 Å². The molecule has 2 aromatic heterocycles. The SMILES string of the molecule is CC1CCc2c(C(=O)NCCCc3ncn[nH]3)csc2C1. The van der Waals surface area contributed by atoms with Crippen molar-refractivity contribution in [2.24, 2.45) is 5.92 Å². The lowest BCUT2D eigenvalue weighted by molar-refractivity contribution is 0.0952. The average molecular weight is 304 g/mol. The summed E-state index contributed by atoms with van der Waals surface area (Å²) in [7, 11) is 0. The Bertz CT molecular complexity index is 605. The van der Waals surface area contributed by atoms with Crippen molar-refractivity contribution in [3.05, 3.63) is 33.5 Å². The number of nitrogens with zero attached hydrogens (tertiary/aromatic N) is 2. The number of aromatic nitrogens is 3. The van der Waals surface area contributed by atoms with Crippen molar-refractivity contribution < 1.29 is 4.79 Å². The Labute approximate surface area is 128 Å². The number of amides is 1. The fraction of sp³-hybridized carbons (Fsp3) is 0.533. The Morgan fingerprint density at radius 1 is 1.57 bits per heavy atom. The van der Waals surface area contributed by atoms with Crippen molar-refractivity contribution in [3.8, 4) is 0 Å². The molecule has 0 saturated heterocycles. The van der Waals surface area contributed by atoms with Gasteiger partial charge in [0.15, 0.2) is 0 Å². The molecule has 1 unspecified atom stereocenters. The molecule has 2 heterocycles. The molecule has 2 aromatic rings. The summed E-state index contributed by atoms with van der Waals surface area (Å²) in [6.45, 7) is 2.95. The van der Waals surface area contributed by atoms with Crippen LogP contribution in [0.25, 0.3) is 0 Å². The van der Waals surface area contributed by atoms with Gasteiger partial charge in [-0.25, -0.2) is 4.98 Å². The highest BCUT2D eigenvalue weighted by Crippen LogP contribution is 2.32. The van der Waals surface area contributed by atoms with Crippen molar-refractivity contribution in [2.45, 2.75) is 39.0 Å². The minimum Gasteiger partial charge on any atom is -0.352 e. The van der Waals surface area contributed by atoms with Gasteiger partial charge in [-0.05, 0) is 37.2 Å². The molecule has 0 saturated carbocycles. The molecular formula is C15H20N4OS. The molecule has 1 atom stereocenters. The Kier molecular flexibility index (Phi) is 4.34. The zero-order valence-corrected chi connectivity index (χ0v) is 13.0. The average Bonchev–Trinajstić information content (AvgIpc) is 3.12. The number of carbonyl (C=O) groups excluding carboxylic acids is 1. The van der Waals surface area contributed by atoms with Gasteiger partial charge in [-0.2, -0.15) is 5.10 Å². The summed E-state index contributed by atoms with van der Waals surface area (Å²) < 4.78 is 0. The smallest absolute Gasteiger partial charge is 0.252 e. The summed E-state index contributed by atoms with van der Waals surface area (Å²) >= 11 is 1.74. The third-order valence-corrected chi connectivity index (χ3v) is 5.04. The molecule has 1 aliphatic carbocycles. The second kappa shape index (κ2) is 6.39. The molecular weight excluding hydrogens is 284 g/mol. The molecule has 0 bridgehead atoms. The van der Waals surface area contributed by atoms with Crippen LogP contribution in [0, 0.1) is 5.92 Å². The van der Waals surface area contributed by atoms with E-state index in [1.807, 2.05) is 5.38 Å². The Hall–Kier alpha value is -1.69. The Morgan fingerprint density at radius 3 is 3.29 bits per heavy atom. The largest absolute Gasteiger partial charge is 0.352 e. The topological polar surface area (TPSA) is 70.7 Å². The van der Waals surface area contributed by atoms with E-state index in [-0.39, 0.29) is 5.91 Å². The summed E-state index contributed by atoms with van der Waals surface area (Å²) in [4.78, 5) is 17.8. The van der Waals surface area contributed by atoms with Crippen molar-refractivity contribution in [2.75, 3.05) is 6.54 Å². The van der Waals surface area contributed by atoms with E-state index in [1.54, 1.807) is 11.3 Å². The van der Waals surface area contributed by atoms with Crippen LogP contribution >= 0.6 is 11.3 Å². The van der Waals surface area contributed by atoms with Gasteiger partial charge in [0, 0.05) is 23.2 Å². The van der Waals surface area contributed by atoms with Crippen LogP contribution in [0.1, 0.15) is 46.4 Å². The number of hydrogen-bond acceptors (Lipinski definition) is 4. The van der Waals surface area contributed by atoms with E-state index in [1.165, 1.54) is 23.2 Å². The molecule has 2 N–H and O–H groups in total. The zero-order valence-electron chi connectivity index (χ0n) is 12.2. The standard InChI is InChI=1S/C15H20N4OS/c1-10-4-5-11-12(8-21-13(11)7-10)15(20)16-6-2-3-14-17-9-18-19-14/h8-10H,2-7H2,1H3,(H,16,20)(H,17,18,19). The highest BCUT2D eigenvalue weighted by atomic mass is 32.1. The molecule has 112 valence electrons. The van der Waals surface area contributed by atoms with Crippen LogP contribution < -0.4 is 5.32 Å². The second-order valence-electron chi connectivity index (χ2n) is 5.69. The molecule has 1 amide bonds. The van der Waals surface area contributed by atoms with E-state index in [0.717, 1.165) is 43.0 Å². The fourth-order valence-corrected chi connectivity index (χ4v) is 4.02. The van der Waals surface area contributed by atoms with Gasteiger partial charge in [0.25, 0.3) is 5.91 Å². The molecule has 1 aliphatic rings. The lowest BCUT2D eigenvalue weighted by Crippen LogP contribution is -2.26. The third-order valence-electron chi connectivity index (χ3n) is 3.99. The van der Waals surface area contributed by atoms with Crippen LogP contribution in [0.15, 0.2) is 11.7 Å². The first-order chi connectivity index (χ1) is 10.2. The molecule has 0 fully saturated rings. The molecule has 5 nitrogen and oxygen atoms in total. The summed E-state index contributed by atoms with van der Waals surface area (Å²) in [6, 6.07) is 0. The van der Waals surface area contributed by atoms with E-state index < -0.39 is 0 Å². The first-order valence-electron chi connectivity index (χ1n) is 7.45. The van der Waals surface area contributed by atoms with Gasteiger partial charge >= 0.3 is 0 Å². The van der Waals surface area contributed by atoms with Crippen molar-refractivity contribution in [3.63, 3.8) is 0 Å². The van der Waals surface area contributed by atoms with Crippen molar-refractivity contribution in [1.29, 1.82) is 0 Å². The summed E-state index contributed by atoms with van der Waals surface area (Å²) in [5.41, 5.74) is 2.17. The van der Waals surface area contributed by atoms with Gasteiger partial charge in [0.05, 0.1) is 5.56 Å². The first-order valence-corrected chi connectivity index (χ1v) is 8.33. The maximum atomic E-state index is 12.3. The minimum absolute atomic E-state index is 0.0691. The van der Waals surface area contributed by atoms with Gasteiger partial charge in [0.2, 0.25) is 0 Å². The first kappa shape index (κ1) is 14.3. The highest BCUT2D eigenvalue weighted by Gasteiger charge is 2.22. The lowest BCUT2D eigenvalue weighted by atomic mass is 9.88. The summed E-state index contributed by atoms with van der Waals surface area (Å²) in [5, 5.41) is 11.7. The number of thiophene rings is 1. The summed E-state index contributed by atoms with van der Waals surface area (Å²) in [6.07, 6.45) is 6.53. The number of carbonyl (C=O) groups is 1. The van der Waals surface area contributed by atoms with Crippen LogP contribution in [0.4, 0.5) is 0 Å². The quantitative estimate of drug-likeness (QED) is 0.833. The lowest BCUT2D eigenvalue weighted by Gasteiger charge is -2.18. The zero-order chi connectivity index (χ0) is 14.7. The number of H-pyrrole nitrogens is 1. The number of aromatic amines is 1. The Morgan fingerprint density at radius 2 is 2.48 bits per heavy atom. The highest BCUT2D eigenvalue weighted by molar-refractivity contribution is 7.10. The predicted molar refractivity (Wildman–Crippen MR) is 82.5 cm³/mol. The van der Waals surface area contributed by atoms with Gasteiger partial charge in [-0.3, -0.25) is 9.89 Å². The van der Waals surface area contributed by atoms with Gasteiger partial charge in [-0.1, -0.05) is 6.92 Å². The normalized spacial score (nSPS) is 17.5. The van der Waals surface area contributed by atoms with Crippen LogP contribution in [0.2, 0.25) is 0 Å². The van der Waals surface area contributed by atoms with E-state index in [2.05, 4.69) is 27.4 Å². The van der Waals surface area contributed by atoms with Crippen LogP contribution in [0.3, 0.4) is 0 Å².